The number of benzene rings is 2. The van der Waals surface area contributed by atoms with Crippen LogP contribution in [0, 0.1) is 0 Å². The molecule has 3 aromatic rings. The van der Waals surface area contributed by atoms with Crippen LogP contribution in [0.2, 0.25) is 0 Å². The van der Waals surface area contributed by atoms with Gasteiger partial charge in [0.25, 0.3) is 0 Å². The molecule has 18 heavy (non-hydrogen) atoms. The zero-order valence-electron chi connectivity index (χ0n) is 9.46. The SMILES string of the molecule is O=c1cc(-c2ccccc2)[te]c2cc(O)ccc12. The molecule has 0 aliphatic heterocycles. The molecule has 0 aliphatic rings. The summed E-state index contributed by atoms with van der Waals surface area (Å²) in [5.74, 6) is 0.237. The van der Waals surface area contributed by atoms with Gasteiger partial charge in [0.15, 0.2) is 0 Å². The third-order valence-electron chi connectivity index (χ3n) is 2.77. The van der Waals surface area contributed by atoms with Crippen LogP contribution >= 0.6 is 0 Å². The van der Waals surface area contributed by atoms with Crippen LogP contribution in [-0.4, -0.2) is 25.5 Å². The van der Waals surface area contributed by atoms with Crippen molar-refractivity contribution in [3.05, 3.63) is 64.8 Å². The second kappa shape index (κ2) is 4.61. The van der Waals surface area contributed by atoms with Gasteiger partial charge in [-0.3, -0.25) is 0 Å². The summed E-state index contributed by atoms with van der Waals surface area (Å²) < 4.78 is 2.15. The molecule has 1 heterocycles. The van der Waals surface area contributed by atoms with Gasteiger partial charge in [0.1, 0.15) is 0 Å². The Kier molecular flexibility index (Phi) is 2.95. The summed E-state index contributed by atoms with van der Waals surface area (Å²) in [4.78, 5) is 12.0. The van der Waals surface area contributed by atoms with Crippen LogP contribution in [0.4, 0.5) is 0 Å². The minimum atomic E-state index is -0.612. The molecule has 0 amide bonds. The van der Waals surface area contributed by atoms with Crippen molar-refractivity contribution in [1.29, 1.82) is 0 Å². The average Bonchev–Trinajstić information content (AvgIpc) is 2.39. The van der Waals surface area contributed by atoms with Gasteiger partial charge in [0.2, 0.25) is 0 Å². The van der Waals surface area contributed by atoms with Gasteiger partial charge < -0.3 is 0 Å². The number of hydrogen-bond acceptors (Lipinski definition) is 2. The molecule has 2 aromatic carbocycles. The van der Waals surface area contributed by atoms with E-state index in [1.54, 1.807) is 24.3 Å². The Balaban J connectivity index is 2.30. The van der Waals surface area contributed by atoms with Crippen molar-refractivity contribution in [3.8, 4) is 14.9 Å². The molecule has 0 saturated carbocycles. The van der Waals surface area contributed by atoms with E-state index in [2.05, 4.69) is 0 Å². The minimum absolute atomic E-state index is 0.0419. The maximum atomic E-state index is 12.0. The Labute approximate surface area is 114 Å². The van der Waals surface area contributed by atoms with Crippen molar-refractivity contribution in [2.24, 2.45) is 0 Å². The van der Waals surface area contributed by atoms with E-state index < -0.39 is 20.4 Å². The number of hydrogen-bond donors (Lipinski definition) is 1. The second-order valence-electron chi connectivity index (χ2n) is 4.02. The van der Waals surface area contributed by atoms with Gasteiger partial charge in [-0.25, -0.2) is 0 Å². The molecule has 0 unspecified atom stereocenters. The van der Waals surface area contributed by atoms with E-state index >= 15 is 0 Å². The molecule has 1 N–H and O–H groups in total. The van der Waals surface area contributed by atoms with Crippen molar-refractivity contribution in [1.82, 2.24) is 0 Å². The first kappa shape index (κ1) is 11.5. The van der Waals surface area contributed by atoms with Crippen molar-refractivity contribution >= 4 is 29.2 Å². The summed E-state index contributed by atoms with van der Waals surface area (Å²) in [6, 6.07) is 16.7. The predicted molar refractivity (Wildman–Crippen MR) is 74.3 cm³/mol. The molecule has 88 valence electrons. The number of phenolic OH excluding ortho intramolecular Hbond substituents is 1. The number of rotatable bonds is 1. The van der Waals surface area contributed by atoms with E-state index in [1.807, 2.05) is 30.3 Å². The first-order chi connectivity index (χ1) is 8.74. The van der Waals surface area contributed by atoms with E-state index in [9.17, 15) is 9.90 Å². The fourth-order valence-corrected chi connectivity index (χ4v) is 5.07. The van der Waals surface area contributed by atoms with Crippen molar-refractivity contribution in [2.45, 2.75) is 0 Å². The summed E-state index contributed by atoms with van der Waals surface area (Å²) >= 11 is -0.612. The first-order valence-corrected chi connectivity index (χ1v) is 7.89. The fourth-order valence-electron chi connectivity index (χ4n) is 1.89. The van der Waals surface area contributed by atoms with Crippen molar-refractivity contribution in [3.63, 3.8) is 0 Å². The summed E-state index contributed by atoms with van der Waals surface area (Å²) in [6.45, 7) is 0. The van der Waals surface area contributed by atoms with Crippen LogP contribution in [-0.2, 0) is 0 Å². The summed E-state index contributed by atoms with van der Waals surface area (Å²) in [5, 5.41) is 10.3. The van der Waals surface area contributed by atoms with E-state index in [4.69, 9.17) is 0 Å². The number of fused-ring (bicyclic) bond motifs is 1. The standard InChI is InChI=1S/C15H10O2Te/c16-11-6-7-12-13(17)9-14(18-15(12)8-11)10-4-2-1-3-5-10/h1-9,16H. The van der Waals surface area contributed by atoms with Gasteiger partial charge in [-0.1, -0.05) is 0 Å². The molecule has 0 bridgehead atoms. The number of aromatic hydroxyl groups is 1. The Hall–Kier alpha value is -1.56. The van der Waals surface area contributed by atoms with E-state index in [0.717, 1.165) is 17.9 Å². The topological polar surface area (TPSA) is 37.3 Å². The quantitative estimate of drug-likeness (QED) is 0.686. The predicted octanol–water partition coefficient (Wildman–Crippen LogP) is 2.63. The average molecular weight is 350 g/mol. The van der Waals surface area contributed by atoms with Gasteiger partial charge in [-0.15, -0.1) is 0 Å². The molecule has 0 atom stereocenters. The third-order valence-corrected chi connectivity index (χ3v) is 6.00. The van der Waals surface area contributed by atoms with E-state index in [0.29, 0.717) is 0 Å². The summed E-state index contributed by atoms with van der Waals surface area (Å²) in [5.41, 5.74) is 1.16. The van der Waals surface area contributed by atoms with E-state index in [1.165, 1.54) is 0 Å². The molecule has 1 aromatic heterocycles. The van der Waals surface area contributed by atoms with Crippen LogP contribution in [0.5, 0.6) is 5.75 Å². The van der Waals surface area contributed by atoms with Crippen molar-refractivity contribution in [2.75, 3.05) is 0 Å². The number of phenols is 1. The van der Waals surface area contributed by atoms with Crippen LogP contribution < -0.4 is 5.43 Å². The van der Waals surface area contributed by atoms with Crippen LogP contribution in [0.25, 0.3) is 17.9 Å². The fraction of sp³-hybridized carbons (Fsp3) is 0. The van der Waals surface area contributed by atoms with Gasteiger partial charge in [-0.05, 0) is 0 Å². The van der Waals surface area contributed by atoms with Gasteiger partial charge in [-0.2, -0.15) is 0 Å². The zero-order valence-corrected chi connectivity index (χ0v) is 11.8. The molecule has 0 fully saturated rings. The molecule has 3 rings (SSSR count). The Bertz CT molecular complexity index is 760. The molecular formula is C15H10O2Te. The zero-order chi connectivity index (χ0) is 12.5. The molecule has 2 nitrogen and oxygen atoms in total. The Morgan fingerprint density at radius 2 is 1.72 bits per heavy atom. The molecule has 0 aliphatic carbocycles. The third kappa shape index (κ3) is 2.08. The van der Waals surface area contributed by atoms with Crippen molar-refractivity contribution < 1.29 is 5.11 Å². The molecular weight excluding hydrogens is 340 g/mol. The molecule has 0 saturated heterocycles. The monoisotopic (exact) mass is 352 g/mol. The van der Waals surface area contributed by atoms with Gasteiger partial charge >= 0.3 is 114 Å². The Morgan fingerprint density at radius 3 is 2.50 bits per heavy atom. The molecule has 0 radical (unpaired) electrons. The summed E-state index contributed by atoms with van der Waals surface area (Å²) in [6.07, 6.45) is 0. The summed E-state index contributed by atoms with van der Waals surface area (Å²) in [7, 11) is 0. The first-order valence-electron chi connectivity index (χ1n) is 5.56. The van der Waals surface area contributed by atoms with Gasteiger partial charge in [0, 0.05) is 0 Å². The Morgan fingerprint density at radius 1 is 0.944 bits per heavy atom. The normalized spacial score (nSPS) is 10.7. The maximum absolute atomic E-state index is 12.0. The van der Waals surface area contributed by atoms with E-state index in [-0.39, 0.29) is 11.2 Å². The molecule has 3 heteroatoms. The molecule has 0 spiro atoms. The van der Waals surface area contributed by atoms with Crippen LogP contribution in [0.15, 0.2) is 59.4 Å². The second-order valence-corrected chi connectivity index (χ2v) is 7.11. The van der Waals surface area contributed by atoms with Crippen LogP contribution in [0.3, 0.4) is 0 Å². The van der Waals surface area contributed by atoms with Gasteiger partial charge in [0.05, 0.1) is 0 Å². The van der Waals surface area contributed by atoms with Crippen LogP contribution in [0.1, 0.15) is 0 Å².